The average Bonchev–Trinajstić information content (AvgIpc) is 3.06. The van der Waals surface area contributed by atoms with Crippen molar-refractivity contribution in [1.29, 1.82) is 0 Å². The summed E-state index contributed by atoms with van der Waals surface area (Å²) in [5, 5.41) is 3.28. The molecule has 0 aliphatic rings. The lowest BCUT2D eigenvalue weighted by atomic mass is 10.1. The predicted molar refractivity (Wildman–Crippen MR) is 116 cm³/mol. The van der Waals surface area contributed by atoms with E-state index >= 15 is 0 Å². The summed E-state index contributed by atoms with van der Waals surface area (Å²) in [6, 6.07) is 7.52. The van der Waals surface area contributed by atoms with E-state index in [2.05, 4.69) is 5.32 Å². The number of hydrogen-bond donors (Lipinski definition) is 1. The lowest BCUT2D eigenvalue weighted by molar-refractivity contribution is -0.119. The van der Waals surface area contributed by atoms with Crippen LogP contribution >= 0.6 is 11.3 Å². The molecule has 2 heterocycles. The summed E-state index contributed by atoms with van der Waals surface area (Å²) < 4.78 is 15.5. The maximum atomic E-state index is 12.3. The number of carbonyl (C=O) groups is 3. The Morgan fingerprint density at radius 3 is 2.55 bits per heavy atom. The van der Waals surface area contributed by atoms with E-state index in [0.717, 1.165) is 16.5 Å². The molecule has 1 aromatic carbocycles. The van der Waals surface area contributed by atoms with E-state index < -0.39 is 29.9 Å². The minimum absolute atomic E-state index is 0.207. The van der Waals surface area contributed by atoms with Crippen LogP contribution < -0.4 is 10.7 Å². The Hall–Kier alpha value is -3.46. The highest BCUT2D eigenvalue weighted by molar-refractivity contribution is 7.16. The summed E-state index contributed by atoms with van der Waals surface area (Å²) in [4.78, 5) is 49.9. The van der Waals surface area contributed by atoms with Gasteiger partial charge in [-0.3, -0.25) is 9.59 Å². The van der Waals surface area contributed by atoms with Gasteiger partial charge in [-0.15, -0.1) is 11.3 Å². The Morgan fingerprint density at radius 2 is 1.84 bits per heavy atom. The molecule has 3 aromatic rings. The molecule has 9 heteroatoms. The molecule has 2 aromatic heterocycles. The molecule has 162 valence electrons. The maximum absolute atomic E-state index is 12.3. The van der Waals surface area contributed by atoms with Crippen LogP contribution in [0, 0.1) is 6.92 Å². The first-order chi connectivity index (χ1) is 14.8. The Labute approximate surface area is 181 Å². The van der Waals surface area contributed by atoms with Crippen molar-refractivity contribution in [1.82, 2.24) is 0 Å². The lowest BCUT2D eigenvalue weighted by Gasteiger charge is -2.08. The molecule has 0 unspecified atom stereocenters. The average molecular weight is 443 g/mol. The molecule has 31 heavy (non-hydrogen) atoms. The van der Waals surface area contributed by atoms with Crippen molar-refractivity contribution < 1.29 is 28.3 Å². The summed E-state index contributed by atoms with van der Waals surface area (Å²) >= 11 is 1.25. The van der Waals surface area contributed by atoms with E-state index in [9.17, 15) is 19.2 Å². The number of anilines is 1. The highest BCUT2D eigenvalue weighted by Gasteiger charge is 2.24. The van der Waals surface area contributed by atoms with Gasteiger partial charge in [0.15, 0.2) is 12.0 Å². The number of benzene rings is 1. The van der Waals surface area contributed by atoms with Gasteiger partial charge < -0.3 is 19.2 Å². The molecule has 0 saturated carbocycles. The summed E-state index contributed by atoms with van der Waals surface area (Å²) in [5.41, 5.74) is 0.964. The van der Waals surface area contributed by atoms with Crippen LogP contribution in [0.5, 0.6) is 0 Å². The third-order valence-corrected chi connectivity index (χ3v) is 5.53. The molecule has 0 spiro atoms. The molecule has 0 aliphatic heterocycles. The third-order valence-electron chi connectivity index (χ3n) is 4.47. The van der Waals surface area contributed by atoms with Crippen LogP contribution in [0.2, 0.25) is 0 Å². The highest BCUT2D eigenvalue weighted by Crippen LogP contribution is 2.34. The van der Waals surface area contributed by atoms with Crippen LogP contribution in [0.4, 0.5) is 5.00 Å². The van der Waals surface area contributed by atoms with E-state index in [1.165, 1.54) is 11.3 Å². The molecule has 8 nitrogen and oxygen atoms in total. The monoisotopic (exact) mass is 443 g/mol. The summed E-state index contributed by atoms with van der Waals surface area (Å²) in [6.45, 7) is 5.05. The highest BCUT2D eigenvalue weighted by atomic mass is 32.1. The number of nitrogens with one attached hydrogen (secondary N) is 1. The number of rotatable bonds is 7. The lowest BCUT2D eigenvalue weighted by Crippen LogP contribution is -2.22. The van der Waals surface area contributed by atoms with Crippen LogP contribution in [-0.2, 0) is 20.7 Å². The van der Waals surface area contributed by atoms with Gasteiger partial charge in [0, 0.05) is 10.9 Å². The zero-order valence-electron chi connectivity index (χ0n) is 17.3. The number of aryl methyl sites for hydroxylation is 1. The number of amides is 1. The standard InChI is InChI=1S/C22H21NO7S/c1-4-13-12(3)31-20(19(13)22(27)28-5-2)23-18(25)11-29-21(26)17-10-15(24)14-8-6-7-9-16(14)30-17/h6-10H,4-5,11H2,1-3H3,(H,23,25). The number of fused-ring (bicyclic) bond motifs is 1. The number of para-hydroxylation sites is 1. The first kappa shape index (κ1) is 22.2. The van der Waals surface area contributed by atoms with Gasteiger partial charge in [0.1, 0.15) is 10.6 Å². The number of thiophene rings is 1. The van der Waals surface area contributed by atoms with Crippen LogP contribution in [-0.4, -0.2) is 31.1 Å². The van der Waals surface area contributed by atoms with Gasteiger partial charge in [0.05, 0.1) is 17.6 Å². The summed E-state index contributed by atoms with van der Waals surface area (Å²) in [6.07, 6.45) is 0.600. The Kier molecular flexibility index (Phi) is 6.86. The van der Waals surface area contributed by atoms with Crippen molar-refractivity contribution in [3.63, 3.8) is 0 Å². The van der Waals surface area contributed by atoms with Crippen LogP contribution in [0.1, 0.15) is 45.2 Å². The topological polar surface area (TPSA) is 112 Å². The normalized spacial score (nSPS) is 10.7. The molecule has 0 fully saturated rings. The number of carbonyl (C=O) groups excluding carboxylic acids is 3. The van der Waals surface area contributed by atoms with Gasteiger partial charge in [0.2, 0.25) is 5.76 Å². The van der Waals surface area contributed by atoms with E-state index in [1.807, 2.05) is 13.8 Å². The second-order valence-electron chi connectivity index (χ2n) is 6.51. The predicted octanol–water partition coefficient (Wildman–Crippen LogP) is 3.70. The Morgan fingerprint density at radius 1 is 1.10 bits per heavy atom. The smallest absolute Gasteiger partial charge is 0.374 e. The van der Waals surface area contributed by atoms with Gasteiger partial charge in [-0.05, 0) is 38.0 Å². The Bertz CT molecular complexity index is 1210. The van der Waals surface area contributed by atoms with Gasteiger partial charge in [-0.25, -0.2) is 9.59 Å². The van der Waals surface area contributed by atoms with E-state index in [-0.39, 0.29) is 18.0 Å². The first-order valence-corrected chi connectivity index (χ1v) is 10.5. The van der Waals surface area contributed by atoms with Gasteiger partial charge in [-0.1, -0.05) is 19.1 Å². The second-order valence-corrected chi connectivity index (χ2v) is 7.74. The molecule has 1 N–H and O–H groups in total. The van der Waals surface area contributed by atoms with Crippen LogP contribution in [0.3, 0.4) is 0 Å². The van der Waals surface area contributed by atoms with Crippen molar-refractivity contribution in [3.8, 4) is 0 Å². The minimum atomic E-state index is -0.944. The summed E-state index contributed by atoms with van der Waals surface area (Å²) in [7, 11) is 0. The fourth-order valence-corrected chi connectivity index (χ4v) is 4.23. The van der Waals surface area contributed by atoms with Gasteiger partial charge in [0.25, 0.3) is 5.91 Å². The molecule has 0 bridgehead atoms. The maximum Gasteiger partial charge on any atom is 0.374 e. The van der Waals surface area contributed by atoms with Crippen molar-refractivity contribution in [3.05, 3.63) is 62.3 Å². The zero-order chi connectivity index (χ0) is 22.5. The van der Waals surface area contributed by atoms with E-state index in [1.54, 1.807) is 31.2 Å². The number of hydrogen-bond acceptors (Lipinski definition) is 8. The fourth-order valence-electron chi connectivity index (χ4n) is 3.08. The molecule has 1 amide bonds. The van der Waals surface area contributed by atoms with Crippen molar-refractivity contribution >= 4 is 45.2 Å². The molecule has 3 rings (SSSR count). The second kappa shape index (κ2) is 9.57. The number of ether oxygens (including phenoxy) is 2. The van der Waals surface area contributed by atoms with E-state index in [0.29, 0.717) is 22.4 Å². The van der Waals surface area contributed by atoms with Gasteiger partial charge >= 0.3 is 11.9 Å². The number of esters is 2. The SMILES string of the molecule is CCOC(=O)c1c(NC(=O)COC(=O)c2cc(=O)c3ccccc3o2)sc(C)c1CC. The fraction of sp³-hybridized carbons (Fsp3) is 0.273. The molecule has 0 radical (unpaired) electrons. The third kappa shape index (κ3) is 4.83. The quantitative estimate of drug-likeness (QED) is 0.554. The Balaban J connectivity index is 1.71. The zero-order valence-corrected chi connectivity index (χ0v) is 18.1. The molecular weight excluding hydrogens is 422 g/mol. The molecular formula is C22H21NO7S. The largest absolute Gasteiger partial charge is 0.462 e. The van der Waals surface area contributed by atoms with Crippen molar-refractivity contribution in [2.24, 2.45) is 0 Å². The van der Waals surface area contributed by atoms with Gasteiger partial charge in [-0.2, -0.15) is 0 Å². The first-order valence-electron chi connectivity index (χ1n) is 9.64. The molecule has 0 atom stereocenters. The summed E-state index contributed by atoms with van der Waals surface area (Å²) in [5.74, 6) is -2.40. The van der Waals surface area contributed by atoms with Crippen molar-refractivity contribution in [2.45, 2.75) is 27.2 Å². The molecule has 0 saturated heterocycles. The molecule has 0 aliphatic carbocycles. The minimum Gasteiger partial charge on any atom is -0.462 e. The van der Waals surface area contributed by atoms with Crippen LogP contribution in [0.25, 0.3) is 11.0 Å². The van der Waals surface area contributed by atoms with Crippen LogP contribution in [0.15, 0.2) is 39.5 Å². The van der Waals surface area contributed by atoms with Crippen molar-refractivity contribution in [2.75, 3.05) is 18.5 Å². The van der Waals surface area contributed by atoms with E-state index in [4.69, 9.17) is 13.9 Å².